The Kier molecular flexibility index (Phi) is 5.02. The summed E-state index contributed by atoms with van der Waals surface area (Å²) in [5, 5.41) is 2.21. The van der Waals surface area contributed by atoms with Gasteiger partial charge in [0.15, 0.2) is 4.80 Å². The molecule has 2 aromatic carbocycles. The number of hydrogen-bond donors (Lipinski definition) is 0. The van der Waals surface area contributed by atoms with Crippen LogP contribution in [0.5, 0.6) is 0 Å². The van der Waals surface area contributed by atoms with Gasteiger partial charge in [0, 0.05) is 15.1 Å². The second-order valence-corrected chi connectivity index (χ2v) is 8.85. The van der Waals surface area contributed by atoms with Crippen LogP contribution in [-0.4, -0.2) is 10.5 Å². The second-order valence-electron chi connectivity index (χ2n) is 5.57. The number of aromatic nitrogens is 1. The standard InChI is InChI=1S/C19H9Cl3N2OS2/c1-2-7-24-16-12(21)8-10(20)9-14(16)27-19(24)23-18(25)17-15(22)11-5-3-4-6-13(11)26-17/h1,3-6,8-9H,7H2. The number of carbonyl (C=O) groups excluding carboxylic acids is 1. The van der Waals surface area contributed by atoms with Gasteiger partial charge in [-0.1, -0.05) is 70.3 Å². The normalized spacial score (nSPS) is 12.0. The van der Waals surface area contributed by atoms with Gasteiger partial charge in [0.05, 0.1) is 26.8 Å². The third-order valence-electron chi connectivity index (χ3n) is 3.87. The quantitative estimate of drug-likeness (QED) is 0.332. The molecule has 4 aromatic rings. The molecule has 0 saturated heterocycles. The minimum absolute atomic E-state index is 0.230. The molecule has 2 heterocycles. The molecule has 0 N–H and O–H groups in total. The number of benzene rings is 2. The fourth-order valence-electron chi connectivity index (χ4n) is 2.74. The largest absolute Gasteiger partial charge is 0.303 e. The number of thiazole rings is 1. The topological polar surface area (TPSA) is 34.4 Å². The van der Waals surface area contributed by atoms with Crippen molar-refractivity contribution in [2.75, 3.05) is 0 Å². The van der Waals surface area contributed by atoms with Gasteiger partial charge >= 0.3 is 0 Å². The van der Waals surface area contributed by atoms with Crippen LogP contribution in [0.4, 0.5) is 0 Å². The van der Waals surface area contributed by atoms with Gasteiger partial charge in [-0.25, -0.2) is 0 Å². The fraction of sp³-hybridized carbons (Fsp3) is 0.0526. The molecule has 134 valence electrons. The highest BCUT2D eigenvalue weighted by Gasteiger charge is 2.18. The van der Waals surface area contributed by atoms with Crippen molar-refractivity contribution in [3.63, 3.8) is 0 Å². The summed E-state index contributed by atoms with van der Waals surface area (Å²) < 4.78 is 3.47. The molecule has 27 heavy (non-hydrogen) atoms. The second kappa shape index (κ2) is 7.31. The Hall–Kier alpha value is -1.81. The van der Waals surface area contributed by atoms with Gasteiger partial charge in [-0.2, -0.15) is 4.99 Å². The fourth-order valence-corrected chi connectivity index (χ4v) is 5.95. The van der Waals surface area contributed by atoms with Crippen LogP contribution in [0.1, 0.15) is 9.67 Å². The first-order valence-electron chi connectivity index (χ1n) is 7.67. The van der Waals surface area contributed by atoms with Gasteiger partial charge in [-0.3, -0.25) is 4.79 Å². The van der Waals surface area contributed by atoms with Gasteiger partial charge < -0.3 is 4.57 Å². The van der Waals surface area contributed by atoms with E-state index in [0.29, 0.717) is 30.3 Å². The Bertz CT molecular complexity index is 1320. The molecule has 0 fully saturated rings. The molecule has 0 aliphatic carbocycles. The number of thiophene rings is 1. The van der Waals surface area contributed by atoms with Gasteiger partial charge in [0.1, 0.15) is 4.88 Å². The molecule has 4 rings (SSSR count). The molecule has 8 heteroatoms. The van der Waals surface area contributed by atoms with E-state index in [-0.39, 0.29) is 6.54 Å². The van der Waals surface area contributed by atoms with Crippen molar-refractivity contribution in [2.45, 2.75) is 6.54 Å². The van der Waals surface area contributed by atoms with Crippen molar-refractivity contribution in [2.24, 2.45) is 4.99 Å². The van der Waals surface area contributed by atoms with E-state index in [9.17, 15) is 4.79 Å². The molecule has 0 bridgehead atoms. The summed E-state index contributed by atoms with van der Waals surface area (Å²) in [6.45, 7) is 0.230. The predicted molar refractivity (Wildman–Crippen MR) is 115 cm³/mol. The van der Waals surface area contributed by atoms with Gasteiger partial charge in [0.2, 0.25) is 0 Å². The average Bonchev–Trinajstić information content (AvgIpc) is 3.14. The lowest BCUT2D eigenvalue weighted by Gasteiger charge is -2.02. The highest BCUT2D eigenvalue weighted by molar-refractivity contribution is 7.21. The Morgan fingerprint density at radius 2 is 1.93 bits per heavy atom. The van der Waals surface area contributed by atoms with Crippen molar-refractivity contribution < 1.29 is 4.79 Å². The lowest BCUT2D eigenvalue weighted by atomic mass is 10.2. The van der Waals surface area contributed by atoms with Crippen LogP contribution in [0.25, 0.3) is 20.3 Å². The number of terminal acetylenes is 1. The number of fused-ring (bicyclic) bond motifs is 2. The molecule has 2 aromatic heterocycles. The van der Waals surface area contributed by atoms with Crippen LogP contribution in [0.15, 0.2) is 41.4 Å². The lowest BCUT2D eigenvalue weighted by molar-refractivity contribution is 0.100. The maximum Gasteiger partial charge on any atom is 0.291 e. The monoisotopic (exact) mass is 450 g/mol. The van der Waals surface area contributed by atoms with Crippen LogP contribution in [0.3, 0.4) is 0 Å². The van der Waals surface area contributed by atoms with Crippen molar-refractivity contribution in [3.05, 3.63) is 61.1 Å². The number of halogens is 3. The molecule has 0 aliphatic rings. The third-order valence-corrected chi connectivity index (χ3v) is 7.07. The summed E-state index contributed by atoms with van der Waals surface area (Å²) in [5.74, 6) is 2.16. The van der Waals surface area contributed by atoms with Crippen molar-refractivity contribution in [1.82, 2.24) is 4.57 Å². The number of nitrogens with zero attached hydrogens (tertiary/aromatic N) is 2. The van der Waals surface area contributed by atoms with E-state index in [1.54, 1.807) is 16.7 Å². The van der Waals surface area contributed by atoms with Crippen molar-refractivity contribution in [3.8, 4) is 12.3 Å². The molecule has 0 radical (unpaired) electrons. The Labute approximate surface area is 177 Å². The zero-order valence-electron chi connectivity index (χ0n) is 13.5. The third kappa shape index (κ3) is 3.29. The molecular weight excluding hydrogens is 443 g/mol. The van der Waals surface area contributed by atoms with E-state index >= 15 is 0 Å². The van der Waals surface area contributed by atoms with Crippen LogP contribution in [0, 0.1) is 12.3 Å². The average molecular weight is 452 g/mol. The van der Waals surface area contributed by atoms with Crippen LogP contribution >= 0.6 is 57.5 Å². The maximum atomic E-state index is 12.8. The first kappa shape index (κ1) is 18.5. The van der Waals surface area contributed by atoms with Crippen LogP contribution in [0.2, 0.25) is 15.1 Å². The molecule has 0 unspecified atom stereocenters. The van der Waals surface area contributed by atoms with E-state index in [2.05, 4.69) is 10.9 Å². The van der Waals surface area contributed by atoms with E-state index < -0.39 is 5.91 Å². The van der Waals surface area contributed by atoms with E-state index in [1.165, 1.54) is 22.7 Å². The van der Waals surface area contributed by atoms with Crippen LogP contribution in [-0.2, 0) is 6.54 Å². The molecule has 1 amide bonds. The number of amides is 1. The Balaban J connectivity index is 1.92. The van der Waals surface area contributed by atoms with Crippen molar-refractivity contribution >= 4 is 83.7 Å². The first-order valence-corrected chi connectivity index (χ1v) is 10.4. The zero-order valence-corrected chi connectivity index (χ0v) is 17.4. The van der Waals surface area contributed by atoms with Crippen molar-refractivity contribution in [1.29, 1.82) is 0 Å². The SMILES string of the molecule is C#CCn1c(=NC(=O)c2sc3ccccc3c2Cl)sc2cc(Cl)cc(Cl)c21. The highest BCUT2D eigenvalue weighted by Crippen LogP contribution is 2.35. The molecule has 0 aliphatic heterocycles. The summed E-state index contributed by atoms with van der Waals surface area (Å²) in [7, 11) is 0. The lowest BCUT2D eigenvalue weighted by Crippen LogP contribution is -2.16. The number of hydrogen-bond acceptors (Lipinski definition) is 3. The minimum Gasteiger partial charge on any atom is -0.303 e. The van der Waals surface area contributed by atoms with Gasteiger partial charge in [-0.15, -0.1) is 17.8 Å². The maximum absolute atomic E-state index is 12.8. The summed E-state index contributed by atoms with van der Waals surface area (Å²) in [6.07, 6.45) is 5.50. The van der Waals surface area contributed by atoms with Gasteiger partial charge in [0.25, 0.3) is 5.91 Å². The van der Waals surface area contributed by atoms with Crippen LogP contribution < -0.4 is 4.80 Å². The molecular formula is C19H9Cl3N2OS2. The molecule has 0 spiro atoms. The Morgan fingerprint density at radius 3 is 2.67 bits per heavy atom. The van der Waals surface area contributed by atoms with E-state index in [1.807, 2.05) is 24.3 Å². The first-order chi connectivity index (χ1) is 13.0. The molecule has 0 atom stereocenters. The molecule has 0 saturated carbocycles. The predicted octanol–water partition coefficient (Wildman–Crippen LogP) is 6.25. The smallest absolute Gasteiger partial charge is 0.291 e. The summed E-state index contributed by atoms with van der Waals surface area (Å²) in [6, 6.07) is 11.0. The number of carbonyl (C=O) groups is 1. The van der Waals surface area contributed by atoms with Gasteiger partial charge in [-0.05, 0) is 18.2 Å². The summed E-state index contributed by atoms with van der Waals surface area (Å²) in [4.78, 5) is 18.0. The summed E-state index contributed by atoms with van der Waals surface area (Å²) >= 11 is 21.4. The zero-order chi connectivity index (χ0) is 19.1. The summed E-state index contributed by atoms with van der Waals surface area (Å²) in [5.41, 5.74) is 0.706. The highest BCUT2D eigenvalue weighted by atomic mass is 35.5. The molecule has 3 nitrogen and oxygen atoms in total. The van der Waals surface area contributed by atoms with E-state index in [4.69, 9.17) is 41.2 Å². The minimum atomic E-state index is -0.416. The Morgan fingerprint density at radius 1 is 1.15 bits per heavy atom. The van der Waals surface area contributed by atoms with E-state index in [0.717, 1.165) is 14.8 Å². The number of rotatable bonds is 2.